The molecule has 3 N–H and O–H groups in total. The van der Waals surface area contributed by atoms with Crippen molar-refractivity contribution in [3.05, 3.63) is 97.2 Å². The quantitative estimate of drug-likeness (QED) is 0.0348. The van der Waals surface area contributed by atoms with Crippen LogP contribution in [0.5, 0.6) is 0 Å². The number of amides is 1. The number of hydrogen-bond acceptors (Lipinski definition) is 4. The van der Waals surface area contributed by atoms with Crippen molar-refractivity contribution in [2.75, 3.05) is 5.75 Å². The zero-order valence-corrected chi connectivity index (χ0v) is 33.0. The molecule has 0 saturated carbocycles. The lowest BCUT2D eigenvalue weighted by molar-refractivity contribution is -0.122. The van der Waals surface area contributed by atoms with E-state index >= 15 is 0 Å². The summed E-state index contributed by atoms with van der Waals surface area (Å²) < 4.78 is 32.5. The zero-order valence-electron chi connectivity index (χ0n) is 32.2. The zero-order chi connectivity index (χ0) is 37.5. The van der Waals surface area contributed by atoms with Crippen LogP contribution < -0.4 is 5.32 Å². The van der Waals surface area contributed by atoms with Gasteiger partial charge in [-0.1, -0.05) is 156 Å². The summed E-state index contributed by atoms with van der Waals surface area (Å²) in [6, 6.07) is -1.10. The molecule has 51 heavy (non-hydrogen) atoms. The minimum atomic E-state index is -4.38. The summed E-state index contributed by atoms with van der Waals surface area (Å²) in [5.74, 6) is -1.06. The lowest BCUT2D eigenvalue weighted by Gasteiger charge is -2.21. The molecule has 1 amide bonds. The van der Waals surface area contributed by atoms with E-state index in [9.17, 15) is 22.9 Å². The number of allylic oxidation sites excluding steroid dienone is 15. The normalized spacial score (nSPS) is 14.4. The van der Waals surface area contributed by atoms with Gasteiger partial charge < -0.3 is 10.4 Å². The third-order valence-corrected chi connectivity index (χ3v) is 9.00. The maximum Gasteiger partial charge on any atom is 0.267 e. The van der Waals surface area contributed by atoms with Crippen LogP contribution in [-0.2, 0) is 14.9 Å². The molecule has 0 aliphatic heterocycles. The number of nitrogens with one attached hydrogen (secondary N) is 1. The second-order valence-electron chi connectivity index (χ2n) is 13.2. The Hall–Kier alpha value is -2.74. The number of unbranched alkanes of at least 4 members (excludes halogenated alkanes) is 12. The molecular formula is C44H73NO5S. The Labute approximate surface area is 313 Å². The summed E-state index contributed by atoms with van der Waals surface area (Å²) in [5, 5.41) is 13.2. The molecule has 0 fully saturated rings. The van der Waals surface area contributed by atoms with Crippen molar-refractivity contribution < 1.29 is 22.9 Å². The first kappa shape index (κ1) is 48.3. The number of carbonyl (C=O) groups excluding carboxylic acids is 1. The molecule has 0 aromatic rings. The molecule has 0 aliphatic rings. The topological polar surface area (TPSA) is 104 Å². The number of aliphatic hydroxyl groups excluding tert-OH is 1. The van der Waals surface area contributed by atoms with Crippen molar-refractivity contribution in [1.82, 2.24) is 5.32 Å². The SMILES string of the molecule is CC/C=C\C/C=C\C/C=C\C/C=C\C/C=C\CCCCCC(=O)NC(CS(=O)(=O)O)C(O)/C=C/CC/C=C/CC/C=C/CCCCCCCCC. The van der Waals surface area contributed by atoms with E-state index in [1.807, 2.05) is 0 Å². The highest BCUT2D eigenvalue weighted by Crippen LogP contribution is 2.10. The smallest absolute Gasteiger partial charge is 0.267 e. The first-order valence-electron chi connectivity index (χ1n) is 19.9. The van der Waals surface area contributed by atoms with Gasteiger partial charge in [-0.2, -0.15) is 8.42 Å². The Balaban J connectivity index is 4.13. The fourth-order valence-corrected chi connectivity index (χ4v) is 6.00. The van der Waals surface area contributed by atoms with Gasteiger partial charge in [0, 0.05) is 6.42 Å². The van der Waals surface area contributed by atoms with Crippen molar-refractivity contribution in [2.24, 2.45) is 0 Å². The van der Waals surface area contributed by atoms with Gasteiger partial charge in [0.15, 0.2) is 0 Å². The highest BCUT2D eigenvalue weighted by molar-refractivity contribution is 7.85. The van der Waals surface area contributed by atoms with Gasteiger partial charge in [-0.3, -0.25) is 9.35 Å². The van der Waals surface area contributed by atoms with Crippen LogP contribution in [0.4, 0.5) is 0 Å². The number of hydrogen-bond donors (Lipinski definition) is 3. The minimum Gasteiger partial charge on any atom is -0.387 e. The molecule has 0 aliphatic carbocycles. The van der Waals surface area contributed by atoms with Crippen molar-refractivity contribution in [3.63, 3.8) is 0 Å². The van der Waals surface area contributed by atoms with Crippen LogP contribution in [0.15, 0.2) is 97.2 Å². The van der Waals surface area contributed by atoms with Gasteiger partial charge in [-0.15, -0.1) is 0 Å². The summed E-state index contributed by atoms with van der Waals surface area (Å²) in [6.07, 6.45) is 55.3. The van der Waals surface area contributed by atoms with Crippen molar-refractivity contribution in [1.29, 1.82) is 0 Å². The van der Waals surface area contributed by atoms with Crippen molar-refractivity contribution in [3.8, 4) is 0 Å². The van der Waals surface area contributed by atoms with Gasteiger partial charge in [0.25, 0.3) is 10.1 Å². The third kappa shape index (κ3) is 38.3. The summed E-state index contributed by atoms with van der Waals surface area (Å²) in [5.41, 5.74) is 0. The fourth-order valence-electron chi connectivity index (χ4n) is 5.27. The fraction of sp³-hybridized carbons (Fsp3) is 0.614. The van der Waals surface area contributed by atoms with Crippen LogP contribution in [0.25, 0.3) is 0 Å². The largest absolute Gasteiger partial charge is 0.387 e. The molecule has 0 heterocycles. The van der Waals surface area contributed by atoms with E-state index in [0.29, 0.717) is 12.8 Å². The molecule has 6 nitrogen and oxygen atoms in total. The summed E-state index contributed by atoms with van der Waals surface area (Å²) in [4.78, 5) is 12.5. The summed E-state index contributed by atoms with van der Waals surface area (Å²) in [7, 11) is -4.38. The van der Waals surface area contributed by atoms with Gasteiger partial charge in [-0.05, 0) is 89.9 Å². The van der Waals surface area contributed by atoms with Gasteiger partial charge in [-0.25, -0.2) is 0 Å². The van der Waals surface area contributed by atoms with Crippen LogP contribution in [0.3, 0.4) is 0 Å². The molecule has 0 saturated heterocycles. The predicted octanol–water partition coefficient (Wildman–Crippen LogP) is 11.8. The predicted molar refractivity (Wildman–Crippen MR) is 220 cm³/mol. The molecule has 2 atom stereocenters. The van der Waals surface area contributed by atoms with E-state index in [0.717, 1.165) is 77.0 Å². The van der Waals surface area contributed by atoms with Crippen LogP contribution >= 0.6 is 0 Å². The maximum atomic E-state index is 12.5. The average molecular weight is 728 g/mol. The Bertz CT molecular complexity index is 1160. The molecule has 0 radical (unpaired) electrons. The molecule has 0 rings (SSSR count). The highest BCUT2D eigenvalue weighted by atomic mass is 32.2. The van der Waals surface area contributed by atoms with E-state index < -0.39 is 28.0 Å². The van der Waals surface area contributed by atoms with Crippen LogP contribution in [0, 0.1) is 0 Å². The van der Waals surface area contributed by atoms with E-state index in [4.69, 9.17) is 0 Å². The maximum absolute atomic E-state index is 12.5. The third-order valence-electron chi connectivity index (χ3n) is 8.22. The molecule has 2 unspecified atom stereocenters. The molecule has 0 aromatic carbocycles. The Morgan fingerprint density at radius 3 is 1.47 bits per heavy atom. The van der Waals surface area contributed by atoms with Gasteiger partial charge in [0.2, 0.25) is 5.91 Å². The van der Waals surface area contributed by atoms with E-state index in [1.165, 1.54) is 51.0 Å². The lowest BCUT2D eigenvalue weighted by atomic mass is 10.1. The van der Waals surface area contributed by atoms with E-state index in [1.54, 1.807) is 6.08 Å². The van der Waals surface area contributed by atoms with Crippen LogP contribution in [-0.4, -0.2) is 41.9 Å². The lowest BCUT2D eigenvalue weighted by Crippen LogP contribution is -2.46. The number of aliphatic hydroxyl groups is 1. The summed E-state index contributed by atoms with van der Waals surface area (Å²) >= 11 is 0. The standard InChI is InChI=1S/C44H73NO5S/c1-3-5-7-9-11-13-15-17-19-21-22-24-26-28-30-32-34-36-38-40-44(47)45-42(41-51(48,49)50)43(46)39-37-35-33-31-29-27-25-23-20-18-16-14-12-10-8-6-4-2/h5,7,11,13,17,19-20,22-24,28-31,37,39,42-43,46H,3-4,6,8-10,12,14-16,18,21,25-27,32-36,38,40-41H2,1-2H3,(H,45,47)(H,48,49,50)/b7-5-,13-11-,19-17-,23-20+,24-22-,30-28-,31-29+,39-37+. The Morgan fingerprint density at radius 2 is 0.961 bits per heavy atom. The number of rotatable bonds is 34. The van der Waals surface area contributed by atoms with Crippen LogP contribution in [0.1, 0.15) is 155 Å². The first-order chi connectivity index (χ1) is 24.8. The van der Waals surface area contributed by atoms with Gasteiger partial charge in [0.05, 0.1) is 17.9 Å². The molecule has 0 spiro atoms. The Morgan fingerprint density at radius 1 is 0.549 bits per heavy atom. The molecule has 7 heteroatoms. The number of carbonyl (C=O) groups is 1. The van der Waals surface area contributed by atoms with Gasteiger partial charge in [0.1, 0.15) is 0 Å². The van der Waals surface area contributed by atoms with Crippen molar-refractivity contribution >= 4 is 16.0 Å². The van der Waals surface area contributed by atoms with Crippen LogP contribution in [0.2, 0.25) is 0 Å². The van der Waals surface area contributed by atoms with E-state index in [-0.39, 0.29) is 12.3 Å². The average Bonchev–Trinajstić information content (AvgIpc) is 3.09. The molecule has 0 bridgehead atoms. The summed E-state index contributed by atoms with van der Waals surface area (Å²) in [6.45, 7) is 4.39. The molecule has 0 aromatic heterocycles. The molecular weight excluding hydrogens is 655 g/mol. The van der Waals surface area contributed by atoms with Gasteiger partial charge >= 0.3 is 0 Å². The Kier molecular flexibility index (Phi) is 35.0. The highest BCUT2D eigenvalue weighted by Gasteiger charge is 2.24. The minimum absolute atomic E-state index is 0.239. The first-order valence-corrected chi connectivity index (χ1v) is 21.5. The monoisotopic (exact) mass is 728 g/mol. The van der Waals surface area contributed by atoms with Crippen molar-refractivity contribution in [2.45, 2.75) is 167 Å². The molecule has 290 valence electrons. The second-order valence-corrected chi connectivity index (χ2v) is 14.7. The van der Waals surface area contributed by atoms with E-state index in [2.05, 4.69) is 104 Å². The second kappa shape index (κ2) is 37.0.